The average molecular weight is 520 g/mol. The zero-order chi connectivity index (χ0) is 25.9. The highest BCUT2D eigenvalue weighted by molar-refractivity contribution is 7.14. The van der Waals surface area contributed by atoms with Gasteiger partial charge in [-0.3, -0.25) is 4.79 Å². The number of nitrogens with zero attached hydrogens (tertiary/aromatic N) is 1. The van der Waals surface area contributed by atoms with Gasteiger partial charge in [0.2, 0.25) is 5.91 Å². The van der Waals surface area contributed by atoms with Crippen LogP contribution in [0.15, 0.2) is 6.07 Å². The fourth-order valence-corrected chi connectivity index (χ4v) is 7.02. The molecule has 36 heavy (non-hydrogen) atoms. The van der Waals surface area contributed by atoms with Gasteiger partial charge < -0.3 is 19.1 Å². The van der Waals surface area contributed by atoms with Gasteiger partial charge in [-0.2, -0.15) is 0 Å². The molecule has 2 saturated carbocycles. The number of esters is 1. The van der Waals surface area contributed by atoms with Gasteiger partial charge in [0.1, 0.15) is 4.88 Å². The van der Waals surface area contributed by atoms with Gasteiger partial charge in [-0.25, -0.2) is 4.79 Å². The molecule has 0 aromatic carbocycles. The van der Waals surface area contributed by atoms with Gasteiger partial charge in [0.05, 0.1) is 25.0 Å². The summed E-state index contributed by atoms with van der Waals surface area (Å²) in [4.78, 5) is 30.7. The molecule has 1 aliphatic heterocycles. The molecule has 0 N–H and O–H groups in total. The molecule has 2 aliphatic carbocycles. The molecule has 3 aliphatic rings. The van der Waals surface area contributed by atoms with Crippen molar-refractivity contribution in [1.29, 1.82) is 0 Å². The van der Waals surface area contributed by atoms with E-state index >= 15 is 0 Å². The molecule has 4 rings (SSSR count). The number of rotatable bonds is 6. The van der Waals surface area contributed by atoms with Crippen LogP contribution >= 0.6 is 11.3 Å². The largest absolute Gasteiger partial charge is 0.465 e. The fraction of sp³-hybridized carbons (Fsp3) is 0.793. The predicted molar refractivity (Wildman–Crippen MR) is 144 cm³/mol. The second-order valence-electron chi connectivity index (χ2n) is 12.1. The summed E-state index contributed by atoms with van der Waals surface area (Å²) in [5.41, 5.74) is 0.643. The summed E-state index contributed by atoms with van der Waals surface area (Å²) in [6.07, 6.45) is 10.2. The van der Waals surface area contributed by atoms with Gasteiger partial charge in [0.15, 0.2) is 0 Å². The van der Waals surface area contributed by atoms with Crippen molar-refractivity contribution >= 4 is 28.9 Å². The number of carbonyl (C=O) groups is 2. The second-order valence-corrected chi connectivity index (χ2v) is 13.2. The van der Waals surface area contributed by atoms with E-state index in [0.29, 0.717) is 16.9 Å². The summed E-state index contributed by atoms with van der Waals surface area (Å²) in [7, 11) is 1.43. The van der Waals surface area contributed by atoms with Gasteiger partial charge in [-0.05, 0) is 81.6 Å². The third-order valence-electron chi connectivity index (χ3n) is 8.25. The molecule has 202 valence electrons. The Balaban J connectivity index is 1.58. The minimum absolute atomic E-state index is 0.0286. The number of amides is 1. The van der Waals surface area contributed by atoms with E-state index in [1.807, 2.05) is 4.90 Å². The summed E-state index contributed by atoms with van der Waals surface area (Å²) in [5.74, 6) is 0.552. The van der Waals surface area contributed by atoms with Crippen molar-refractivity contribution in [1.82, 2.24) is 0 Å². The highest BCUT2D eigenvalue weighted by Crippen LogP contribution is 2.42. The minimum Gasteiger partial charge on any atom is -0.465 e. The van der Waals surface area contributed by atoms with Crippen molar-refractivity contribution < 1.29 is 23.8 Å². The Bertz CT molecular complexity index is 884. The third kappa shape index (κ3) is 6.51. The Morgan fingerprint density at radius 3 is 2.14 bits per heavy atom. The van der Waals surface area contributed by atoms with E-state index in [4.69, 9.17) is 14.2 Å². The van der Waals surface area contributed by atoms with E-state index in [2.05, 4.69) is 33.8 Å². The topological polar surface area (TPSA) is 65.1 Å². The first kappa shape index (κ1) is 27.6. The number of carbonyl (C=O) groups excluding carboxylic acids is 2. The van der Waals surface area contributed by atoms with Crippen LogP contribution in [0.4, 0.5) is 5.69 Å². The molecule has 1 amide bonds. The number of anilines is 1. The van der Waals surface area contributed by atoms with Crippen LogP contribution in [-0.4, -0.2) is 50.4 Å². The molecule has 6 nitrogen and oxygen atoms in total. The van der Waals surface area contributed by atoms with E-state index in [9.17, 15) is 9.59 Å². The predicted octanol–water partition coefficient (Wildman–Crippen LogP) is 6.50. The first-order chi connectivity index (χ1) is 17.2. The smallest absolute Gasteiger partial charge is 0.350 e. The second kappa shape index (κ2) is 12.0. The van der Waals surface area contributed by atoms with E-state index in [-0.39, 0.29) is 35.4 Å². The highest BCUT2D eigenvalue weighted by Gasteiger charge is 2.39. The molecular weight excluding hydrogens is 474 g/mol. The summed E-state index contributed by atoms with van der Waals surface area (Å²) >= 11 is 1.47. The Labute approximate surface area is 221 Å². The Kier molecular flexibility index (Phi) is 9.16. The van der Waals surface area contributed by atoms with Crippen LogP contribution in [0.25, 0.3) is 0 Å². The zero-order valence-corrected chi connectivity index (χ0v) is 23.7. The SMILES string of the molecule is COC(=O)c1sc(C(C)(C)C)cc1N(C(=O)[C@H]1CC[C@H](C)CC1)[C@H]1CC[C@H](OC2CCOCC2)CC1. The number of hydrogen-bond donors (Lipinski definition) is 0. The maximum absolute atomic E-state index is 14.2. The monoisotopic (exact) mass is 519 g/mol. The molecule has 0 spiro atoms. The number of methoxy groups -OCH3 is 1. The number of hydrogen-bond acceptors (Lipinski definition) is 6. The molecular formula is C29H45NO5S. The summed E-state index contributed by atoms with van der Waals surface area (Å²) in [6, 6.07) is 2.17. The molecule has 0 atom stereocenters. The highest BCUT2D eigenvalue weighted by atomic mass is 32.1. The average Bonchev–Trinajstić information content (AvgIpc) is 3.31. The molecule has 1 saturated heterocycles. The van der Waals surface area contributed by atoms with Gasteiger partial charge in [-0.1, -0.05) is 27.7 Å². The van der Waals surface area contributed by atoms with Crippen molar-refractivity contribution in [2.45, 2.75) is 116 Å². The van der Waals surface area contributed by atoms with Crippen LogP contribution in [0.1, 0.15) is 106 Å². The van der Waals surface area contributed by atoms with Gasteiger partial charge >= 0.3 is 5.97 Å². The lowest BCUT2D eigenvalue weighted by atomic mass is 9.81. The molecule has 0 bridgehead atoms. The molecule has 2 heterocycles. The molecule has 3 fully saturated rings. The van der Waals surface area contributed by atoms with Crippen LogP contribution in [0, 0.1) is 11.8 Å². The van der Waals surface area contributed by atoms with E-state index in [1.54, 1.807) is 0 Å². The van der Waals surface area contributed by atoms with Gasteiger partial charge in [-0.15, -0.1) is 11.3 Å². The van der Waals surface area contributed by atoms with Crippen molar-refractivity contribution in [2.24, 2.45) is 11.8 Å². The van der Waals surface area contributed by atoms with Gasteiger partial charge in [0, 0.05) is 30.1 Å². The maximum Gasteiger partial charge on any atom is 0.350 e. The van der Waals surface area contributed by atoms with Crippen LogP contribution in [-0.2, 0) is 24.4 Å². The first-order valence-corrected chi connectivity index (χ1v) is 14.8. The Morgan fingerprint density at radius 1 is 0.944 bits per heavy atom. The summed E-state index contributed by atoms with van der Waals surface area (Å²) in [5, 5.41) is 0. The van der Waals surface area contributed by atoms with Crippen molar-refractivity contribution in [3.63, 3.8) is 0 Å². The lowest BCUT2D eigenvalue weighted by Gasteiger charge is -2.40. The van der Waals surface area contributed by atoms with E-state index in [0.717, 1.165) is 88.0 Å². The van der Waals surface area contributed by atoms with Crippen molar-refractivity contribution in [3.8, 4) is 0 Å². The molecule has 0 unspecified atom stereocenters. The maximum atomic E-state index is 14.2. The van der Waals surface area contributed by atoms with Crippen LogP contribution < -0.4 is 4.90 Å². The number of ether oxygens (including phenoxy) is 3. The van der Waals surface area contributed by atoms with Gasteiger partial charge in [0.25, 0.3) is 0 Å². The zero-order valence-electron chi connectivity index (χ0n) is 22.8. The van der Waals surface area contributed by atoms with E-state index in [1.165, 1.54) is 18.4 Å². The summed E-state index contributed by atoms with van der Waals surface area (Å²) in [6.45, 7) is 10.3. The standard InChI is InChI=1S/C29H45NO5S/c1-19-6-8-20(9-7-19)27(31)30(24-18-25(29(2,3)4)36-26(24)28(32)33-5)21-10-12-22(13-11-21)35-23-14-16-34-17-15-23/h18-23H,6-17H2,1-5H3/t19-,20-,21-,22-. The Morgan fingerprint density at radius 2 is 1.56 bits per heavy atom. The quantitative estimate of drug-likeness (QED) is 0.402. The van der Waals surface area contributed by atoms with Crippen molar-refractivity contribution in [2.75, 3.05) is 25.2 Å². The lowest BCUT2D eigenvalue weighted by Crippen LogP contribution is -2.47. The van der Waals surface area contributed by atoms with E-state index < -0.39 is 0 Å². The normalized spacial score (nSPS) is 28.0. The first-order valence-electron chi connectivity index (χ1n) is 14.0. The minimum atomic E-state index is -0.350. The molecule has 0 radical (unpaired) electrons. The number of thiophene rings is 1. The summed E-state index contributed by atoms with van der Waals surface area (Å²) < 4.78 is 17.1. The van der Waals surface area contributed by atoms with Crippen LogP contribution in [0.5, 0.6) is 0 Å². The fourth-order valence-electron chi connectivity index (χ4n) is 5.89. The molecule has 7 heteroatoms. The van der Waals surface area contributed by atoms with Crippen molar-refractivity contribution in [3.05, 3.63) is 15.8 Å². The lowest BCUT2D eigenvalue weighted by molar-refractivity contribution is -0.124. The molecule has 1 aromatic rings. The van der Waals surface area contributed by atoms with Crippen LogP contribution in [0.3, 0.4) is 0 Å². The van der Waals surface area contributed by atoms with Crippen LogP contribution in [0.2, 0.25) is 0 Å². The Hall–Kier alpha value is -1.44. The molecule has 1 aromatic heterocycles. The third-order valence-corrected chi connectivity index (χ3v) is 9.78.